The third-order valence-corrected chi connectivity index (χ3v) is 3.26. The van der Waals surface area contributed by atoms with E-state index in [-0.39, 0.29) is 12.1 Å². The minimum atomic E-state index is 0.238. The van der Waals surface area contributed by atoms with Gasteiger partial charge < -0.3 is 14.8 Å². The predicted octanol–water partition coefficient (Wildman–Crippen LogP) is 4.49. The summed E-state index contributed by atoms with van der Waals surface area (Å²) in [5, 5.41) is 3.48. The normalized spacial score (nSPS) is 13.5. The van der Waals surface area contributed by atoms with E-state index >= 15 is 0 Å². The predicted molar refractivity (Wildman–Crippen MR) is 89.2 cm³/mol. The molecule has 0 saturated heterocycles. The molecule has 0 bridgehead atoms. The van der Waals surface area contributed by atoms with Gasteiger partial charge in [-0.2, -0.15) is 0 Å². The Bertz CT molecular complexity index is 431. The molecule has 2 atom stereocenters. The van der Waals surface area contributed by atoms with E-state index in [1.54, 1.807) is 0 Å². The molecule has 1 aromatic carbocycles. The van der Waals surface area contributed by atoms with E-state index in [1.165, 1.54) is 5.56 Å². The monoisotopic (exact) mass is 291 g/mol. The van der Waals surface area contributed by atoms with Crippen LogP contribution in [0.2, 0.25) is 0 Å². The van der Waals surface area contributed by atoms with Gasteiger partial charge in [-0.1, -0.05) is 26.0 Å². The molecular formula is C18H29NO2. The molecule has 0 aliphatic carbocycles. The van der Waals surface area contributed by atoms with Crippen molar-refractivity contribution >= 4 is 0 Å². The van der Waals surface area contributed by atoms with Gasteiger partial charge in [0.25, 0.3) is 0 Å². The fourth-order valence-electron chi connectivity index (χ4n) is 2.01. The van der Waals surface area contributed by atoms with E-state index in [0.29, 0.717) is 13.2 Å². The first-order valence-corrected chi connectivity index (χ1v) is 7.90. The van der Waals surface area contributed by atoms with Crippen LogP contribution in [-0.2, 0) is 0 Å². The molecule has 1 N–H and O–H groups in total. The van der Waals surface area contributed by atoms with Crippen molar-refractivity contribution in [2.75, 3.05) is 13.2 Å². The van der Waals surface area contributed by atoms with Crippen LogP contribution in [0.1, 0.15) is 52.1 Å². The summed E-state index contributed by atoms with van der Waals surface area (Å²) in [7, 11) is 0. The van der Waals surface area contributed by atoms with Gasteiger partial charge in [0.15, 0.2) is 11.5 Å². The lowest BCUT2D eigenvalue weighted by atomic mass is 10.1. The maximum Gasteiger partial charge on any atom is 0.161 e. The molecule has 0 aliphatic heterocycles. The molecular weight excluding hydrogens is 262 g/mol. The van der Waals surface area contributed by atoms with E-state index < -0.39 is 0 Å². The molecule has 0 spiro atoms. The van der Waals surface area contributed by atoms with E-state index in [2.05, 4.69) is 51.7 Å². The summed E-state index contributed by atoms with van der Waals surface area (Å²) in [5.41, 5.74) is 1.19. The zero-order valence-electron chi connectivity index (χ0n) is 13.8. The summed E-state index contributed by atoms with van der Waals surface area (Å²) in [6.45, 7) is 13.7. The smallest absolute Gasteiger partial charge is 0.161 e. The zero-order chi connectivity index (χ0) is 15.7. The first kappa shape index (κ1) is 17.6. The Hall–Kier alpha value is -1.48. The van der Waals surface area contributed by atoms with Crippen LogP contribution in [-0.4, -0.2) is 19.3 Å². The molecule has 2 unspecified atom stereocenters. The molecule has 0 aliphatic rings. The van der Waals surface area contributed by atoms with Crippen molar-refractivity contribution in [1.82, 2.24) is 5.32 Å². The highest BCUT2D eigenvalue weighted by Gasteiger charge is 2.12. The van der Waals surface area contributed by atoms with Crippen LogP contribution in [0.15, 0.2) is 30.9 Å². The fourth-order valence-corrected chi connectivity index (χ4v) is 2.01. The van der Waals surface area contributed by atoms with Gasteiger partial charge in [0.2, 0.25) is 0 Å². The van der Waals surface area contributed by atoms with Gasteiger partial charge in [-0.25, -0.2) is 0 Å². The van der Waals surface area contributed by atoms with Crippen LogP contribution in [0.5, 0.6) is 11.5 Å². The number of hydrogen-bond acceptors (Lipinski definition) is 3. The molecule has 1 aromatic rings. The third-order valence-electron chi connectivity index (χ3n) is 3.26. The average molecular weight is 291 g/mol. The maximum absolute atomic E-state index is 5.83. The topological polar surface area (TPSA) is 30.5 Å². The van der Waals surface area contributed by atoms with Gasteiger partial charge in [-0.15, -0.1) is 6.58 Å². The standard InChI is InChI=1S/C18H29NO2/c1-6-11-20-17-10-9-16(13-18(17)21-12-7-2)15(5)19-14(4)8-3/h8-10,13-15,19H,3,6-7,11-12H2,1-2,4-5H3. The van der Waals surface area contributed by atoms with Crippen molar-refractivity contribution in [2.24, 2.45) is 0 Å². The fraction of sp³-hybridized carbons (Fsp3) is 0.556. The Kier molecular flexibility index (Phi) is 7.91. The molecule has 0 amide bonds. The number of ether oxygens (including phenoxy) is 2. The Morgan fingerprint density at radius 1 is 1.10 bits per heavy atom. The minimum absolute atomic E-state index is 0.238. The van der Waals surface area contributed by atoms with Crippen LogP contribution in [0.25, 0.3) is 0 Å². The summed E-state index contributed by atoms with van der Waals surface area (Å²) >= 11 is 0. The van der Waals surface area contributed by atoms with Crippen molar-refractivity contribution in [2.45, 2.75) is 52.6 Å². The third kappa shape index (κ3) is 5.80. The van der Waals surface area contributed by atoms with Crippen LogP contribution in [0.4, 0.5) is 0 Å². The highest BCUT2D eigenvalue weighted by molar-refractivity contribution is 5.44. The molecule has 118 valence electrons. The molecule has 21 heavy (non-hydrogen) atoms. The quantitative estimate of drug-likeness (QED) is 0.644. The lowest BCUT2D eigenvalue weighted by Crippen LogP contribution is -2.26. The lowest BCUT2D eigenvalue weighted by molar-refractivity contribution is 0.268. The van der Waals surface area contributed by atoms with Crippen molar-refractivity contribution in [3.8, 4) is 11.5 Å². The van der Waals surface area contributed by atoms with Gasteiger partial charge in [-0.05, 0) is 44.4 Å². The summed E-state index contributed by atoms with van der Waals surface area (Å²) in [6, 6.07) is 6.69. The van der Waals surface area contributed by atoms with Gasteiger partial charge >= 0.3 is 0 Å². The van der Waals surface area contributed by atoms with Gasteiger partial charge in [0, 0.05) is 12.1 Å². The van der Waals surface area contributed by atoms with Gasteiger partial charge in [0.05, 0.1) is 13.2 Å². The highest BCUT2D eigenvalue weighted by atomic mass is 16.5. The number of nitrogens with one attached hydrogen (secondary N) is 1. The second-order valence-corrected chi connectivity index (χ2v) is 5.32. The summed E-state index contributed by atoms with van der Waals surface area (Å²) in [6.07, 6.45) is 3.88. The largest absolute Gasteiger partial charge is 0.490 e. The molecule has 0 saturated carbocycles. The molecule has 0 aromatic heterocycles. The first-order valence-electron chi connectivity index (χ1n) is 7.90. The molecule has 0 heterocycles. The van der Waals surface area contributed by atoms with Crippen LogP contribution < -0.4 is 14.8 Å². The number of hydrogen-bond donors (Lipinski definition) is 1. The van der Waals surface area contributed by atoms with Crippen LogP contribution in [0, 0.1) is 0 Å². The minimum Gasteiger partial charge on any atom is -0.490 e. The van der Waals surface area contributed by atoms with Gasteiger partial charge in [0.1, 0.15) is 0 Å². The summed E-state index contributed by atoms with van der Waals surface area (Å²) in [4.78, 5) is 0. The van der Waals surface area contributed by atoms with Crippen molar-refractivity contribution in [3.05, 3.63) is 36.4 Å². The van der Waals surface area contributed by atoms with E-state index in [4.69, 9.17) is 9.47 Å². The van der Waals surface area contributed by atoms with Crippen molar-refractivity contribution in [3.63, 3.8) is 0 Å². The molecule has 0 radical (unpaired) electrons. The Morgan fingerprint density at radius 3 is 2.29 bits per heavy atom. The van der Waals surface area contributed by atoms with Crippen molar-refractivity contribution < 1.29 is 9.47 Å². The number of rotatable bonds is 10. The second-order valence-electron chi connectivity index (χ2n) is 5.32. The first-order chi connectivity index (χ1) is 10.1. The summed E-state index contributed by atoms with van der Waals surface area (Å²) in [5.74, 6) is 1.67. The lowest BCUT2D eigenvalue weighted by Gasteiger charge is -2.20. The summed E-state index contributed by atoms with van der Waals surface area (Å²) < 4.78 is 11.6. The van der Waals surface area contributed by atoms with Gasteiger partial charge in [-0.3, -0.25) is 0 Å². The van der Waals surface area contributed by atoms with E-state index in [1.807, 2.05) is 12.1 Å². The van der Waals surface area contributed by atoms with Crippen LogP contribution in [0.3, 0.4) is 0 Å². The van der Waals surface area contributed by atoms with E-state index in [0.717, 1.165) is 24.3 Å². The zero-order valence-corrected chi connectivity index (χ0v) is 13.8. The SMILES string of the molecule is C=CC(C)NC(C)c1ccc(OCCC)c(OCCC)c1. The molecule has 0 fully saturated rings. The average Bonchev–Trinajstić information content (AvgIpc) is 2.50. The molecule has 1 rings (SSSR count). The Balaban J connectivity index is 2.88. The van der Waals surface area contributed by atoms with Crippen LogP contribution >= 0.6 is 0 Å². The van der Waals surface area contributed by atoms with Crippen molar-refractivity contribution in [1.29, 1.82) is 0 Å². The molecule has 3 heteroatoms. The highest BCUT2D eigenvalue weighted by Crippen LogP contribution is 2.31. The Morgan fingerprint density at radius 2 is 1.71 bits per heavy atom. The maximum atomic E-state index is 5.83. The second kappa shape index (κ2) is 9.46. The molecule has 3 nitrogen and oxygen atoms in total. The number of benzene rings is 1. The van der Waals surface area contributed by atoms with E-state index in [9.17, 15) is 0 Å². The Labute approximate surface area is 129 Å².